The van der Waals surface area contributed by atoms with Crippen LogP contribution in [0.25, 0.3) is 0 Å². The number of barbiturate groups is 1. The molecule has 6 nitrogen and oxygen atoms in total. The van der Waals surface area contributed by atoms with E-state index in [1.807, 2.05) is 18.9 Å². The van der Waals surface area contributed by atoms with Gasteiger partial charge in [-0.3, -0.25) is 19.8 Å². The van der Waals surface area contributed by atoms with Crippen LogP contribution in [0.5, 0.6) is 0 Å². The number of hydrogen-bond donors (Lipinski definition) is 1. The second-order valence-corrected chi connectivity index (χ2v) is 4.90. The molecule has 4 amide bonds. The van der Waals surface area contributed by atoms with Gasteiger partial charge in [-0.1, -0.05) is 20.8 Å². The first-order valence-electron chi connectivity index (χ1n) is 6.78. The summed E-state index contributed by atoms with van der Waals surface area (Å²) < 4.78 is 0. The van der Waals surface area contributed by atoms with Gasteiger partial charge in [-0.15, -0.1) is 0 Å². The number of hydrogen-bond acceptors (Lipinski definition) is 4. The fraction of sp³-hybridized carbons (Fsp3) is 0.769. The number of nitrogens with zero attached hydrogens (tertiary/aromatic N) is 2. The lowest BCUT2D eigenvalue weighted by atomic mass is 9.78. The quantitative estimate of drug-likeness (QED) is 0.725. The zero-order valence-corrected chi connectivity index (χ0v) is 12.2. The highest BCUT2D eigenvalue weighted by Gasteiger charge is 2.51. The third-order valence-corrected chi connectivity index (χ3v) is 4.01. The number of urea groups is 1. The number of nitrogens with one attached hydrogen (secondary N) is 1. The standard InChI is InChI=1S/C13H23N3O3/c1-5-13(6-2)10(17)14-12(19)16(11(13)18)9-8-15(4)7-3/h5-9H2,1-4H3,(H,14,17,19). The van der Waals surface area contributed by atoms with E-state index in [2.05, 4.69) is 5.32 Å². The van der Waals surface area contributed by atoms with Crippen LogP contribution < -0.4 is 5.32 Å². The van der Waals surface area contributed by atoms with Crippen molar-refractivity contribution in [3.8, 4) is 0 Å². The summed E-state index contributed by atoms with van der Waals surface area (Å²) in [6.07, 6.45) is 0.809. The summed E-state index contributed by atoms with van der Waals surface area (Å²) in [5, 5.41) is 2.30. The molecule has 1 fully saturated rings. The van der Waals surface area contributed by atoms with Crippen molar-refractivity contribution in [3.63, 3.8) is 0 Å². The van der Waals surface area contributed by atoms with Crippen molar-refractivity contribution in [1.82, 2.24) is 15.1 Å². The topological polar surface area (TPSA) is 69.7 Å². The van der Waals surface area contributed by atoms with Gasteiger partial charge in [-0.05, 0) is 26.4 Å². The SMILES string of the molecule is CCN(C)CCN1C(=O)NC(=O)C(CC)(CC)C1=O. The zero-order chi connectivity index (χ0) is 14.6. The second-order valence-electron chi connectivity index (χ2n) is 4.90. The van der Waals surface area contributed by atoms with Crippen LogP contribution in [0, 0.1) is 5.41 Å². The highest BCUT2D eigenvalue weighted by molar-refractivity contribution is 6.19. The van der Waals surface area contributed by atoms with Crippen molar-refractivity contribution >= 4 is 17.8 Å². The van der Waals surface area contributed by atoms with Gasteiger partial charge >= 0.3 is 6.03 Å². The number of rotatable bonds is 6. The number of amides is 4. The van der Waals surface area contributed by atoms with Crippen LogP contribution in [-0.4, -0.2) is 54.3 Å². The Morgan fingerprint density at radius 2 is 1.74 bits per heavy atom. The number of carbonyl (C=O) groups is 3. The summed E-state index contributed by atoms with van der Waals surface area (Å²) in [6.45, 7) is 7.36. The first-order chi connectivity index (χ1) is 8.92. The van der Waals surface area contributed by atoms with Gasteiger partial charge in [-0.25, -0.2) is 4.79 Å². The molecule has 0 aliphatic carbocycles. The fourth-order valence-electron chi connectivity index (χ4n) is 2.24. The molecule has 0 saturated carbocycles. The predicted molar refractivity (Wildman–Crippen MR) is 71.4 cm³/mol. The van der Waals surface area contributed by atoms with E-state index < -0.39 is 17.4 Å². The molecule has 0 aromatic rings. The van der Waals surface area contributed by atoms with Crippen LogP contribution in [0.3, 0.4) is 0 Å². The maximum atomic E-state index is 12.5. The Morgan fingerprint density at radius 1 is 1.16 bits per heavy atom. The minimum absolute atomic E-state index is 0.310. The average molecular weight is 269 g/mol. The smallest absolute Gasteiger partial charge is 0.305 e. The summed E-state index contributed by atoms with van der Waals surface area (Å²) in [5.74, 6) is -0.830. The molecule has 1 rings (SSSR count). The molecule has 19 heavy (non-hydrogen) atoms. The average Bonchev–Trinajstić information content (AvgIpc) is 2.39. The molecule has 1 aliphatic heterocycles. The van der Waals surface area contributed by atoms with Crippen molar-refractivity contribution < 1.29 is 14.4 Å². The van der Waals surface area contributed by atoms with Gasteiger partial charge in [0.15, 0.2) is 0 Å². The van der Waals surface area contributed by atoms with Gasteiger partial charge in [-0.2, -0.15) is 0 Å². The monoisotopic (exact) mass is 269 g/mol. The first kappa shape index (κ1) is 15.6. The maximum Gasteiger partial charge on any atom is 0.330 e. The van der Waals surface area contributed by atoms with E-state index in [0.717, 1.165) is 6.54 Å². The Morgan fingerprint density at radius 3 is 2.21 bits per heavy atom. The maximum absolute atomic E-state index is 12.5. The van der Waals surface area contributed by atoms with E-state index >= 15 is 0 Å². The van der Waals surface area contributed by atoms with Crippen LogP contribution >= 0.6 is 0 Å². The highest BCUT2D eigenvalue weighted by atomic mass is 16.2. The lowest BCUT2D eigenvalue weighted by molar-refractivity contribution is -0.152. The molecule has 0 atom stereocenters. The third-order valence-electron chi connectivity index (χ3n) is 4.01. The summed E-state index contributed by atoms with van der Waals surface area (Å²) in [6, 6.07) is -0.600. The Bertz CT molecular complexity index is 377. The van der Waals surface area contributed by atoms with Gasteiger partial charge < -0.3 is 4.90 Å². The lowest BCUT2D eigenvalue weighted by Crippen LogP contribution is -2.64. The molecule has 1 N–H and O–H groups in total. The summed E-state index contributed by atoms with van der Waals surface area (Å²) >= 11 is 0. The number of imide groups is 2. The van der Waals surface area contributed by atoms with Gasteiger partial charge in [0, 0.05) is 13.1 Å². The molecule has 0 aromatic heterocycles. The van der Waals surface area contributed by atoms with Gasteiger partial charge in [0.05, 0.1) is 0 Å². The predicted octanol–water partition coefficient (Wildman–Crippen LogP) is 0.823. The molecule has 0 aromatic carbocycles. The molecular weight excluding hydrogens is 246 g/mol. The molecule has 1 aliphatic rings. The van der Waals surface area contributed by atoms with E-state index in [0.29, 0.717) is 25.9 Å². The van der Waals surface area contributed by atoms with Gasteiger partial charge in [0.25, 0.3) is 0 Å². The molecule has 0 radical (unpaired) electrons. The van der Waals surface area contributed by atoms with E-state index in [1.165, 1.54) is 4.90 Å². The first-order valence-corrected chi connectivity index (χ1v) is 6.78. The summed E-state index contributed by atoms with van der Waals surface area (Å²) in [4.78, 5) is 39.4. The summed E-state index contributed by atoms with van der Waals surface area (Å²) in [7, 11) is 1.92. The normalized spacial score (nSPS) is 19.0. The molecule has 0 unspecified atom stereocenters. The van der Waals surface area contributed by atoms with E-state index in [1.54, 1.807) is 13.8 Å². The van der Waals surface area contributed by atoms with E-state index in [9.17, 15) is 14.4 Å². The van der Waals surface area contributed by atoms with Crippen molar-refractivity contribution in [2.45, 2.75) is 33.6 Å². The van der Waals surface area contributed by atoms with Crippen molar-refractivity contribution in [1.29, 1.82) is 0 Å². The van der Waals surface area contributed by atoms with Crippen LogP contribution in [0.4, 0.5) is 4.79 Å². The molecule has 6 heteroatoms. The summed E-state index contributed by atoms with van der Waals surface area (Å²) in [5.41, 5.74) is -1.08. The highest BCUT2D eigenvalue weighted by Crippen LogP contribution is 2.32. The van der Waals surface area contributed by atoms with Crippen molar-refractivity contribution in [2.75, 3.05) is 26.7 Å². The van der Waals surface area contributed by atoms with Crippen LogP contribution in [0.15, 0.2) is 0 Å². The van der Waals surface area contributed by atoms with Crippen molar-refractivity contribution in [3.05, 3.63) is 0 Å². The molecular formula is C13H23N3O3. The van der Waals surface area contributed by atoms with Crippen LogP contribution in [0.2, 0.25) is 0 Å². The molecule has 0 spiro atoms. The van der Waals surface area contributed by atoms with E-state index in [-0.39, 0.29) is 5.91 Å². The Labute approximate surface area is 114 Å². The fourth-order valence-corrected chi connectivity index (χ4v) is 2.24. The third kappa shape index (κ3) is 2.78. The molecule has 1 heterocycles. The van der Waals surface area contributed by atoms with Gasteiger partial charge in [0.2, 0.25) is 11.8 Å². The number of carbonyl (C=O) groups excluding carboxylic acids is 3. The van der Waals surface area contributed by atoms with Crippen LogP contribution in [-0.2, 0) is 9.59 Å². The number of likely N-dealkylation sites (N-methyl/N-ethyl adjacent to an activating group) is 1. The Balaban J connectivity index is 2.89. The Hall–Kier alpha value is -1.43. The van der Waals surface area contributed by atoms with E-state index in [4.69, 9.17) is 0 Å². The Kier molecular flexibility index (Phi) is 5.05. The minimum atomic E-state index is -1.08. The second kappa shape index (κ2) is 6.14. The molecule has 1 saturated heterocycles. The van der Waals surface area contributed by atoms with Crippen molar-refractivity contribution in [2.24, 2.45) is 5.41 Å². The van der Waals surface area contributed by atoms with Gasteiger partial charge in [0.1, 0.15) is 5.41 Å². The largest absolute Gasteiger partial charge is 0.330 e. The zero-order valence-electron chi connectivity index (χ0n) is 12.2. The lowest BCUT2D eigenvalue weighted by Gasteiger charge is -2.38. The molecule has 0 bridgehead atoms. The minimum Gasteiger partial charge on any atom is -0.305 e. The molecule has 108 valence electrons. The van der Waals surface area contributed by atoms with Crippen LogP contribution in [0.1, 0.15) is 33.6 Å².